The highest BCUT2D eigenvalue weighted by molar-refractivity contribution is 7.17. The molecule has 22 heavy (non-hydrogen) atoms. The Bertz CT molecular complexity index is 922. The van der Waals surface area contributed by atoms with Crippen molar-refractivity contribution < 1.29 is 0 Å². The van der Waals surface area contributed by atoms with E-state index in [0.717, 1.165) is 17.0 Å². The number of thiophene rings is 1. The van der Waals surface area contributed by atoms with Crippen LogP contribution in [0.4, 0.5) is 0 Å². The first-order chi connectivity index (χ1) is 10.8. The predicted molar refractivity (Wildman–Crippen MR) is 93.0 cm³/mol. The molecule has 0 aliphatic carbocycles. The molecule has 0 N–H and O–H groups in total. The molecular formula is C19H14N2S. The SMILES string of the molecule is Cc1ncc(-c2ccc(-c3csc4ccccc34)cc2)cn1. The second kappa shape index (κ2) is 5.35. The van der Waals surface area contributed by atoms with Crippen molar-refractivity contribution >= 4 is 21.4 Å². The summed E-state index contributed by atoms with van der Waals surface area (Å²) in [6.45, 7) is 1.90. The van der Waals surface area contributed by atoms with Gasteiger partial charge in [0, 0.05) is 33.6 Å². The molecule has 4 aromatic rings. The Morgan fingerprint density at radius 3 is 2.23 bits per heavy atom. The third-order valence-corrected chi connectivity index (χ3v) is 4.75. The number of hydrogen-bond donors (Lipinski definition) is 0. The molecule has 0 fully saturated rings. The van der Waals surface area contributed by atoms with Crippen molar-refractivity contribution in [3.05, 3.63) is 72.1 Å². The number of benzene rings is 2. The summed E-state index contributed by atoms with van der Waals surface area (Å²) in [7, 11) is 0. The third-order valence-electron chi connectivity index (χ3n) is 3.79. The van der Waals surface area contributed by atoms with Crippen molar-refractivity contribution in [1.29, 1.82) is 0 Å². The summed E-state index contributed by atoms with van der Waals surface area (Å²) < 4.78 is 1.33. The zero-order valence-corrected chi connectivity index (χ0v) is 13.0. The summed E-state index contributed by atoms with van der Waals surface area (Å²) in [5.74, 6) is 0.796. The van der Waals surface area contributed by atoms with Gasteiger partial charge in [-0.15, -0.1) is 11.3 Å². The lowest BCUT2D eigenvalue weighted by Gasteiger charge is -2.04. The summed E-state index contributed by atoms with van der Waals surface area (Å²) in [5.41, 5.74) is 4.73. The molecule has 0 saturated heterocycles. The van der Waals surface area contributed by atoms with Crippen LogP contribution in [0.25, 0.3) is 32.3 Å². The maximum atomic E-state index is 4.26. The van der Waals surface area contributed by atoms with Crippen LogP contribution < -0.4 is 0 Å². The van der Waals surface area contributed by atoms with Crippen LogP contribution >= 0.6 is 11.3 Å². The zero-order chi connectivity index (χ0) is 14.9. The normalized spacial score (nSPS) is 11.0. The van der Waals surface area contributed by atoms with Gasteiger partial charge in [-0.05, 0) is 29.5 Å². The fourth-order valence-corrected chi connectivity index (χ4v) is 3.56. The molecule has 2 heterocycles. The largest absolute Gasteiger partial charge is 0.241 e. The second-order valence-corrected chi connectivity index (χ2v) is 6.15. The molecule has 2 nitrogen and oxygen atoms in total. The fourth-order valence-electron chi connectivity index (χ4n) is 2.59. The Labute approximate surface area is 133 Å². The van der Waals surface area contributed by atoms with E-state index in [1.54, 1.807) is 11.3 Å². The summed E-state index contributed by atoms with van der Waals surface area (Å²) in [6.07, 6.45) is 3.74. The van der Waals surface area contributed by atoms with Gasteiger partial charge in [0.1, 0.15) is 5.82 Å². The van der Waals surface area contributed by atoms with Gasteiger partial charge in [0.25, 0.3) is 0 Å². The molecule has 4 rings (SSSR count). The molecule has 0 unspecified atom stereocenters. The van der Waals surface area contributed by atoms with Gasteiger partial charge in [0.05, 0.1) is 0 Å². The van der Waals surface area contributed by atoms with Gasteiger partial charge in [-0.3, -0.25) is 0 Å². The van der Waals surface area contributed by atoms with Crippen molar-refractivity contribution in [1.82, 2.24) is 9.97 Å². The maximum absolute atomic E-state index is 4.26. The highest BCUT2D eigenvalue weighted by Gasteiger charge is 2.06. The van der Waals surface area contributed by atoms with E-state index >= 15 is 0 Å². The van der Waals surface area contributed by atoms with Gasteiger partial charge in [0.2, 0.25) is 0 Å². The predicted octanol–water partition coefficient (Wildman–Crippen LogP) is 5.33. The maximum Gasteiger partial charge on any atom is 0.125 e. The molecule has 0 bridgehead atoms. The van der Waals surface area contributed by atoms with Crippen LogP contribution in [0.5, 0.6) is 0 Å². The van der Waals surface area contributed by atoms with E-state index in [-0.39, 0.29) is 0 Å². The molecule has 0 amide bonds. The van der Waals surface area contributed by atoms with E-state index in [9.17, 15) is 0 Å². The van der Waals surface area contributed by atoms with Crippen LogP contribution in [-0.2, 0) is 0 Å². The lowest BCUT2D eigenvalue weighted by molar-refractivity contribution is 1.06. The number of fused-ring (bicyclic) bond motifs is 1. The van der Waals surface area contributed by atoms with E-state index in [0.29, 0.717) is 0 Å². The monoisotopic (exact) mass is 302 g/mol. The molecule has 0 aliphatic heterocycles. The number of rotatable bonds is 2. The third kappa shape index (κ3) is 2.30. The van der Waals surface area contributed by atoms with Crippen molar-refractivity contribution in [2.24, 2.45) is 0 Å². The van der Waals surface area contributed by atoms with Crippen LogP contribution in [-0.4, -0.2) is 9.97 Å². The Hall–Kier alpha value is -2.52. The summed E-state index contributed by atoms with van der Waals surface area (Å²) in [6, 6.07) is 17.1. The fraction of sp³-hybridized carbons (Fsp3) is 0.0526. The molecule has 0 aliphatic rings. The molecule has 0 saturated carbocycles. The zero-order valence-electron chi connectivity index (χ0n) is 12.2. The molecule has 2 aromatic heterocycles. The molecule has 2 aromatic carbocycles. The summed E-state index contributed by atoms with van der Waals surface area (Å²) in [5, 5.41) is 3.55. The van der Waals surface area contributed by atoms with Crippen molar-refractivity contribution in [3.63, 3.8) is 0 Å². The van der Waals surface area contributed by atoms with Gasteiger partial charge in [0.15, 0.2) is 0 Å². The average Bonchev–Trinajstić information content (AvgIpc) is 3.00. The highest BCUT2D eigenvalue weighted by atomic mass is 32.1. The Balaban J connectivity index is 1.74. The van der Waals surface area contributed by atoms with E-state index in [2.05, 4.69) is 63.9 Å². The van der Waals surface area contributed by atoms with Crippen molar-refractivity contribution in [2.45, 2.75) is 6.92 Å². The first kappa shape index (κ1) is 13.2. The first-order valence-electron chi connectivity index (χ1n) is 7.17. The van der Waals surface area contributed by atoms with Gasteiger partial charge in [-0.1, -0.05) is 42.5 Å². The van der Waals surface area contributed by atoms with Gasteiger partial charge in [-0.25, -0.2) is 9.97 Å². The Morgan fingerprint density at radius 2 is 1.45 bits per heavy atom. The van der Waals surface area contributed by atoms with Crippen molar-refractivity contribution in [2.75, 3.05) is 0 Å². The van der Waals surface area contributed by atoms with Crippen LogP contribution in [0.3, 0.4) is 0 Å². The molecule has 3 heteroatoms. The van der Waals surface area contributed by atoms with Crippen LogP contribution in [0.15, 0.2) is 66.3 Å². The van der Waals surface area contributed by atoms with Crippen LogP contribution in [0.2, 0.25) is 0 Å². The topological polar surface area (TPSA) is 25.8 Å². The molecule has 0 spiro atoms. The molecular weight excluding hydrogens is 288 g/mol. The molecule has 0 atom stereocenters. The van der Waals surface area contributed by atoms with Crippen molar-refractivity contribution in [3.8, 4) is 22.3 Å². The standard InChI is InChI=1S/C19H14N2S/c1-13-20-10-16(11-21-13)14-6-8-15(9-7-14)18-12-22-19-5-3-2-4-17(18)19/h2-12H,1H3. The summed E-state index contributed by atoms with van der Waals surface area (Å²) in [4.78, 5) is 8.52. The average molecular weight is 302 g/mol. The number of aromatic nitrogens is 2. The minimum Gasteiger partial charge on any atom is -0.241 e. The lowest BCUT2D eigenvalue weighted by Crippen LogP contribution is -1.87. The minimum atomic E-state index is 0.796. The van der Waals surface area contributed by atoms with E-state index in [4.69, 9.17) is 0 Å². The first-order valence-corrected chi connectivity index (χ1v) is 8.05. The Morgan fingerprint density at radius 1 is 0.773 bits per heavy atom. The number of hydrogen-bond acceptors (Lipinski definition) is 3. The Kier molecular flexibility index (Phi) is 3.20. The number of nitrogens with zero attached hydrogens (tertiary/aromatic N) is 2. The smallest absolute Gasteiger partial charge is 0.125 e. The number of aryl methyl sites for hydroxylation is 1. The van der Waals surface area contributed by atoms with E-state index in [1.165, 1.54) is 21.2 Å². The van der Waals surface area contributed by atoms with Gasteiger partial charge >= 0.3 is 0 Å². The van der Waals surface area contributed by atoms with Crippen LogP contribution in [0, 0.1) is 6.92 Å². The van der Waals surface area contributed by atoms with Crippen LogP contribution in [0.1, 0.15) is 5.82 Å². The van der Waals surface area contributed by atoms with E-state index in [1.807, 2.05) is 19.3 Å². The highest BCUT2D eigenvalue weighted by Crippen LogP contribution is 2.34. The second-order valence-electron chi connectivity index (χ2n) is 5.24. The quantitative estimate of drug-likeness (QED) is 0.500. The lowest BCUT2D eigenvalue weighted by atomic mass is 10.0. The van der Waals surface area contributed by atoms with Gasteiger partial charge in [-0.2, -0.15) is 0 Å². The summed E-state index contributed by atoms with van der Waals surface area (Å²) >= 11 is 1.79. The molecule has 106 valence electrons. The molecule has 0 radical (unpaired) electrons. The van der Waals surface area contributed by atoms with E-state index < -0.39 is 0 Å². The van der Waals surface area contributed by atoms with Gasteiger partial charge < -0.3 is 0 Å². The minimum absolute atomic E-state index is 0.796.